The Kier molecular flexibility index (Phi) is 5.51. The molecular weight excluding hydrogens is 366 g/mol. The number of aryl methyl sites for hydroxylation is 1. The first-order valence-electron chi connectivity index (χ1n) is 8.42. The van der Waals surface area contributed by atoms with Gasteiger partial charge in [0.1, 0.15) is 5.82 Å². The summed E-state index contributed by atoms with van der Waals surface area (Å²) in [6.45, 7) is 3.76. The molecule has 24 heavy (non-hydrogen) atoms. The van der Waals surface area contributed by atoms with Crippen molar-refractivity contribution in [1.29, 1.82) is 0 Å². The summed E-state index contributed by atoms with van der Waals surface area (Å²) in [4.78, 5) is 19.0. The fraction of sp³-hybridized carbons (Fsp3) is 0.368. The summed E-state index contributed by atoms with van der Waals surface area (Å²) in [5, 5.41) is 3.28. The Balaban J connectivity index is 1.77. The van der Waals surface area contributed by atoms with Crippen molar-refractivity contribution in [1.82, 2.24) is 9.88 Å². The molecular formula is C19H22BrN3O. The molecule has 0 radical (unpaired) electrons. The average Bonchev–Trinajstić information content (AvgIpc) is 2.86. The van der Waals surface area contributed by atoms with Gasteiger partial charge in [0.25, 0.3) is 5.91 Å². The third kappa shape index (κ3) is 4.15. The van der Waals surface area contributed by atoms with Crippen LogP contribution < -0.4 is 5.32 Å². The van der Waals surface area contributed by atoms with Gasteiger partial charge < -0.3 is 10.2 Å². The molecule has 3 rings (SSSR count). The van der Waals surface area contributed by atoms with Crippen molar-refractivity contribution in [2.24, 2.45) is 0 Å². The van der Waals surface area contributed by atoms with Crippen molar-refractivity contribution < 1.29 is 4.79 Å². The Morgan fingerprint density at radius 3 is 2.58 bits per heavy atom. The molecule has 0 aliphatic carbocycles. The largest absolute Gasteiger partial charge is 0.339 e. The zero-order valence-electron chi connectivity index (χ0n) is 13.9. The van der Waals surface area contributed by atoms with Crippen LogP contribution in [0.3, 0.4) is 0 Å². The molecule has 0 spiro atoms. The van der Waals surface area contributed by atoms with E-state index in [1.165, 1.54) is 18.4 Å². The molecule has 1 aromatic carbocycles. The van der Waals surface area contributed by atoms with Crippen molar-refractivity contribution in [3.63, 3.8) is 0 Å². The Morgan fingerprint density at radius 1 is 1.12 bits per heavy atom. The third-order valence-electron chi connectivity index (χ3n) is 4.29. The van der Waals surface area contributed by atoms with E-state index in [4.69, 9.17) is 0 Å². The van der Waals surface area contributed by atoms with Gasteiger partial charge in [0.2, 0.25) is 0 Å². The first-order chi connectivity index (χ1) is 11.6. The molecule has 0 saturated carbocycles. The van der Waals surface area contributed by atoms with Crippen molar-refractivity contribution >= 4 is 33.3 Å². The number of anilines is 2. The van der Waals surface area contributed by atoms with Gasteiger partial charge in [-0.2, -0.15) is 0 Å². The molecule has 5 heteroatoms. The van der Waals surface area contributed by atoms with Crippen LogP contribution in [0.5, 0.6) is 0 Å². The van der Waals surface area contributed by atoms with E-state index in [1.54, 1.807) is 12.3 Å². The molecule has 0 unspecified atom stereocenters. The molecule has 2 aromatic rings. The highest BCUT2D eigenvalue weighted by molar-refractivity contribution is 9.10. The van der Waals surface area contributed by atoms with Gasteiger partial charge in [-0.25, -0.2) is 4.98 Å². The number of amides is 1. The summed E-state index contributed by atoms with van der Waals surface area (Å²) in [7, 11) is 0. The van der Waals surface area contributed by atoms with Gasteiger partial charge in [0.05, 0.1) is 5.69 Å². The van der Waals surface area contributed by atoms with Crippen LogP contribution >= 0.6 is 15.9 Å². The molecule has 1 saturated heterocycles. The quantitative estimate of drug-likeness (QED) is 0.813. The van der Waals surface area contributed by atoms with E-state index < -0.39 is 0 Å². The fourth-order valence-corrected chi connectivity index (χ4v) is 3.54. The van der Waals surface area contributed by atoms with Gasteiger partial charge in [-0.05, 0) is 65.5 Å². The van der Waals surface area contributed by atoms with E-state index in [1.807, 2.05) is 30.0 Å². The van der Waals surface area contributed by atoms with Gasteiger partial charge in [-0.15, -0.1) is 0 Å². The molecule has 126 valence electrons. The van der Waals surface area contributed by atoms with Gasteiger partial charge >= 0.3 is 0 Å². The lowest BCUT2D eigenvalue weighted by molar-refractivity contribution is 0.0761. The van der Waals surface area contributed by atoms with Crippen molar-refractivity contribution in [2.75, 3.05) is 18.4 Å². The minimum absolute atomic E-state index is 0.102. The minimum Gasteiger partial charge on any atom is -0.339 e. The van der Waals surface area contributed by atoms with Gasteiger partial charge in [0.15, 0.2) is 0 Å². The van der Waals surface area contributed by atoms with Crippen molar-refractivity contribution in [3.8, 4) is 0 Å². The lowest BCUT2D eigenvalue weighted by Crippen LogP contribution is -2.31. The highest BCUT2D eigenvalue weighted by atomic mass is 79.9. The Hall–Kier alpha value is -1.88. The highest BCUT2D eigenvalue weighted by Gasteiger charge is 2.17. The monoisotopic (exact) mass is 387 g/mol. The molecule has 1 N–H and O–H groups in total. The summed E-state index contributed by atoms with van der Waals surface area (Å²) in [5.41, 5.74) is 2.82. The predicted molar refractivity (Wildman–Crippen MR) is 101 cm³/mol. The van der Waals surface area contributed by atoms with Crippen LogP contribution in [0.1, 0.15) is 41.6 Å². The predicted octanol–water partition coefficient (Wildman–Crippen LogP) is 4.91. The van der Waals surface area contributed by atoms with Gasteiger partial charge in [-0.3, -0.25) is 4.79 Å². The number of nitrogens with zero attached hydrogens (tertiary/aromatic N) is 2. The number of hydrogen-bond acceptors (Lipinski definition) is 3. The van der Waals surface area contributed by atoms with Crippen molar-refractivity contribution in [3.05, 3.63) is 52.1 Å². The molecule has 0 bridgehead atoms. The number of pyridine rings is 1. The highest BCUT2D eigenvalue weighted by Crippen LogP contribution is 2.26. The van der Waals surface area contributed by atoms with Crippen LogP contribution in [0.4, 0.5) is 11.5 Å². The number of likely N-dealkylation sites (tertiary alicyclic amines) is 1. The second-order valence-electron chi connectivity index (χ2n) is 6.24. The Labute approximate surface area is 151 Å². The van der Waals surface area contributed by atoms with E-state index >= 15 is 0 Å². The molecule has 1 fully saturated rings. The zero-order valence-corrected chi connectivity index (χ0v) is 15.5. The number of aromatic nitrogens is 1. The normalized spacial score (nSPS) is 15.0. The Bertz CT molecular complexity index is 724. The van der Waals surface area contributed by atoms with E-state index in [0.29, 0.717) is 11.4 Å². The van der Waals surface area contributed by atoms with Crippen LogP contribution in [0.25, 0.3) is 0 Å². The van der Waals surface area contributed by atoms with Crippen LogP contribution in [-0.2, 0) is 0 Å². The number of rotatable bonds is 3. The number of nitrogens with one attached hydrogen (secondary N) is 1. The second-order valence-corrected chi connectivity index (χ2v) is 7.10. The standard InChI is InChI=1S/C19H22BrN3O/c1-14-6-7-17(16(20)12-14)22-18-13-15(8-9-21-18)19(24)23-10-4-2-3-5-11-23/h6-9,12-13H,2-5,10-11H2,1H3,(H,21,22). The smallest absolute Gasteiger partial charge is 0.254 e. The van der Waals surface area contributed by atoms with Crippen LogP contribution in [0.2, 0.25) is 0 Å². The number of hydrogen-bond donors (Lipinski definition) is 1. The summed E-state index contributed by atoms with van der Waals surface area (Å²) in [5.74, 6) is 0.783. The molecule has 1 aromatic heterocycles. The van der Waals surface area contributed by atoms with E-state index in [0.717, 1.165) is 36.1 Å². The summed E-state index contributed by atoms with van der Waals surface area (Å²) in [6.07, 6.45) is 6.31. The summed E-state index contributed by atoms with van der Waals surface area (Å²) in [6, 6.07) is 9.72. The molecule has 0 atom stereocenters. The fourth-order valence-electron chi connectivity index (χ4n) is 2.95. The average molecular weight is 388 g/mol. The van der Waals surface area contributed by atoms with Gasteiger partial charge in [0, 0.05) is 29.3 Å². The molecule has 1 amide bonds. The van der Waals surface area contributed by atoms with Crippen LogP contribution in [0, 0.1) is 6.92 Å². The first kappa shape index (κ1) is 17.0. The Morgan fingerprint density at radius 2 is 1.88 bits per heavy atom. The van der Waals surface area contributed by atoms with E-state index in [2.05, 4.69) is 32.3 Å². The van der Waals surface area contributed by atoms with Gasteiger partial charge in [-0.1, -0.05) is 18.9 Å². The number of carbonyl (C=O) groups is 1. The van der Waals surface area contributed by atoms with E-state index in [9.17, 15) is 4.79 Å². The van der Waals surface area contributed by atoms with Crippen LogP contribution in [-0.4, -0.2) is 28.9 Å². The maximum Gasteiger partial charge on any atom is 0.254 e. The summed E-state index contributed by atoms with van der Waals surface area (Å²) >= 11 is 3.56. The number of halogens is 1. The molecule has 2 heterocycles. The van der Waals surface area contributed by atoms with E-state index in [-0.39, 0.29) is 5.91 Å². The zero-order chi connectivity index (χ0) is 16.9. The maximum absolute atomic E-state index is 12.7. The lowest BCUT2D eigenvalue weighted by atomic mass is 10.2. The molecule has 1 aliphatic rings. The van der Waals surface area contributed by atoms with Crippen LogP contribution in [0.15, 0.2) is 41.0 Å². The number of carbonyl (C=O) groups excluding carboxylic acids is 1. The minimum atomic E-state index is 0.102. The third-order valence-corrected chi connectivity index (χ3v) is 4.94. The molecule has 1 aliphatic heterocycles. The second kappa shape index (κ2) is 7.79. The topological polar surface area (TPSA) is 45.2 Å². The lowest BCUT2D eigenvalue weighted by Gasteiger charge is -2.20. The number of benzene rings is 1. The summed E-state index contributed by atoms with van der Waals surface area (Å²) < 4.78 is 0.980. The van der Waals surface area contributed by atoms with Crippen molar-refractivity contribution in [2.45, 2.75) is 32.6 Å². The maximum atomic E-state index is 12.7. The first-order valence-corrected chi connectivity index (χ1v) is 9.21. The SMILES string of the molecule is Cc1ccc(Nc2cc(C(=O)N3CCCCCC3)ccn2)c(Br)c1. The molecule has 4 nitrogen and oxygen atoms in total.